The van der Waals surface area contributed by atoms with E-state index in [-0.39, 0.29) is 18.4 Å². The molecule has 0 radical (unpaired) electrons. The summed E-state index contributed by atoms with van der Waals surface area (Å²) >= 11 is 0. The van der Waals surface area contributed by atoms with Crippen LogP contribution in [0.3, 0.4) is 0 Å². The molecule has 3 rings (SSSR count). The standard InChI is InChI=1S/C13H19NO3/c15-10-8-12(4-1-2-5-12)11(16)14(10)9-13(17)6-3-7-13/h17H,1-9H2. The number of hydrogen-bond donors (Lipinski definition) is 1. The lowest BCUT2D eigenvalue weighted by Gasteiger charge is -2.39. The van der Waals surface area contributed by atoms with E-state index in [0.717, 1.165) is 44.9 Å². The van der Waals surface area contributed by atoms with Crippen molar-refractivity contribution in [2.75, 3.05) is 6.54 Å². The Morgan fingerprint density at radius 3 is 2.24 bits per heavy atom. The summed E-state index contributed by atoms with van der Waals surface area (Å²) < 4.78 is 0. The molecule has 4 nitrogen and oxygen atoms in total. The van der Waals surface area contributed by atoms with Gasteiger partial charge in [-0.2, -0.15) is 0 Å². The Hall–Kier alpha value is -0.900. The first-order chi connectivity index (χ1) is 8.05. The second kappa shape index (κ2) is 3.55. The molecule has 0 atom stereocenters. The van der Waals surface area contributed by atoms with Crippen LogP contribution in [0.4, 0.5) is 0 Å². The Bertz CT molecular complexity index is 367. The van der Waals surface area contributed by atoms with E-state index in [9.17, 15) is 14.7 Å². The van der Waals surface area contributed by atoms with E-state index in [1.807, 2.05) is 0 Å². The Kier molecular flexibility index (Phi) is 2.34. The average Bonchev–Trinajstić information content (AvgIpc) is 2.79. The molecule has 1 heterocycles. The fourth-order valence-electron chi connectivity index (χ4n) is 3.50. The van der Waals surface area contributed by atoms with Crippen molar-refractivity contribution in [3.63, 3.8) is 0 Å². The maximum Gasteiger partial charge on any atom is 0.236 e. The lowest BCUT2D eigenvalue weighted by Crippen LogP contribution is -2.50. The zero-order valence-electron chi connectivity index (χ0n) is 10.1. The molecule has 3 aliphatic rings. The molecule has 94 valence electrons. The summed E-state index contributed by atoms with van der Waals surface area (Å²) in [5.74, 6) is -0.0856. The molecule has 0 bridgehead atoms. The van der Waals surface area contributed by atoms with Gasteiger partial charge in [0.25, 0.3) is 0 Å². The normalized spacial score (nSPS) is 30.1. The molecule has 1 spiro atoms. The van der Waals surface area contributed by atoms with Crippen LogP contribution in [0.15, 0.2) is 0 Å². The highest BCUT2D eigenvalue weighted by Gasteiger charge is 2.54. The number of likely N-dealkylation sites (tertiary alicyclic amines) is 1. The number of hydrogen-bond acceptors (Lipinski definition) is 3. The van der Waals surface area contributed by atoms with E-state index in [4.69, 9.17) is 0 Å². The van der Waals surface area contributed by atoms with E-state index in [1.165, 1.54) is 4.90 Å². The summed E-state index contributed by atoms with van der Waals surface area (Å²) in [6, 6.07) is 0. The zero-order valence-corrected chi connectivity index (χ0v) is 10.1. The van der Waals surface area contributed by atoms with Crippen molar-refractivity contribution in [2.24, 2.45) is 5.41 Å². The maximum atomic E-state index is 12.4. The third kappa shape index (κ3) is 1.61. The van der Waals surface area contributed by atoms with Gasteiger partial charge in [0.05, 0.1) is 17.6 Å². The Morgan fingerprint density at radius 1 is 1.06 bits per heavy atom. The van der Waals surface area contributed by atoms with Gasteiger partial charge in [-0.1, -0.05) is 12.8 Å². The smallest absolute Gasteiger partial charge is 0.236 e. The van der Waals surface area contributed by atoms with Crippen LogP contribution in [0.25, 0.3) is 0 Å². The van der Waals surface area contributed by atoms with Gasteiger partial charge in [-0.05, 0) is 32.1 Å². The second-order valence-corrected chi connectivity index (χ2v) is 6.03. The predicted octanol–water partition coefficient (Wildman–Crippen LogP) is 1.22. The molecule has 1 N–H and O–H groups in total. The molecule has 1 aliphatic heterocycles. The van der Waals surface area contributed by atoms with Gasteiger partial charge in [-0.15, -0.1) is 0 Å². The van der Waals surface area contributed by atoms with Crippen LogP contribution in [0.2, 0.25) is 0 Å². The fourth-order valence-corrected chi connectivity index (χ4v) is 3.50. The van der Waals surface area contributed by atoms with Crippen LogP contribution in [0, 0.1) is 5.41 Å². The van der Waals surface area contributed by atoms with Crippen LogP contribution in [-0.2, 0) is 9.59 Å². The zero-order chi connectivity index (χ0) is 12.1. The minimum Gasteiger partial charge on any atom is -0.388 e. The van der Waals surface area contributed by atoms with Crippen LogP contribution >= 0.6 is 0 Å². The first-order valence-corrected chi connectivity index (χ1v) is 6.62. The van der Waals surface area contributed by atoms with E-state index in [1.54, 1.807) is 0 Å². The van der Waals surface area contributed by atoms with E-state index >= 15 is 0 Å². The summed E-state index contributed by atoms with van der Waals surface area (Å²) in [6.45, 7) is 0.229. The molecule has 1 saturated heterocycles. The van der Waals surface area contributed by atoms with Crippen molar-refractivity contribution in [3.8, 4) is 0 Å². The van der Waals surface area contributed by atoms with Gasteiger partial charge < -0.3 is 5.11 Å². The molecular weight excluding hydrogens is 218 g/mol. The Labute approximate surface area is 101 Å². The summed E-state index contributed by atoms with van der Waals surface area (Å²) in [5.41, 5.74) is -1.17. The van der Waals surface area contributed by atoms with Gasteiger partial charge >= 0.3 is 0 Å². The number of β-amino-alcohol motifs (C(OH)–C–C–N with tert-alkyl or cyclic N) is 1. The summed E-state index contributed by atoms with van der Waals surface area (Å²) in [5, 5.41) is 10.1. The molecule has 0 aromatic rings. The van der Waals surface area contributed by atoms with E-state index in [0.29, 0.717) is 6.42 Å². The molecule has 17 heavy (non-hydrogen) atoms. The second-order valence-electron chi connectivity index (χ2n) is 6.03. The molecule has 2 aliphatic carbocycles. The predicted molar refractivity (Wildman–Crippen MR) is 61.0 cm³/mol. The van der Waals surface area contributed by atoms with Gasteiger partial charge in [0.2, 0.25) is 11.8 Å². The highest BCUT2D eigenvalue weighted by atomic mass is 16.3. The highest BCUT2D eigenvalue weighted by Crippen LogP contribution is 2.47. The third-order valence-corrected chi connectivity index (χ3v) is 4.79. The third-order valence-electron chi connectivity index (χ3n) is 4.79. The number of rotatable bonds is 2. The molecule has 0 aromatic heterocycles. The summed E-state index contributed by atoms with van der Waals surface area (Å²) in [6.07, 6.45) is 6.63. The van der Waals surface area contributed by atoms with Crippen molar-refractivity contribution in [1.82, 2.24) is 4.90 Å². The van der Waals surface area contributed by atoms with Gasteiger partial charge in [0.15, 0.2) is 0 Å². The lowest BCUT2D eigenvalue weighted by molar-refractivity contribution is -0.148. The van der Waals surface area contributed by atoms with Gasteiger partial charge in [-0.25, -0.2) is 0 Å². The number of imide groups is 1. The molecule has 2 saturated carbocycles. The first-order valence-electron chi connectivity index (χ1n) is 6.62. The number of carbonyl (C=O) groups excluding carboxylic acids is 2. The lowest BCUT2D eigenvalue weighted by atomic mass is 9.79. The quantitative estimate of drug-likeness (QED) is 0.735. The molecular formula is C13H19NO3. The van der Waals surface area contributed by atoms with Crippen LogP contribution in [-0.4, -0.2) is 34.0 Å². The first kappa shape index (κ1) is 11.2. The number of aliphatic hydroxyl groups is 1. The molecule has 0 unspecified atom stereocenters. The van der Waals surface area contributed by atoms with Crippen LogP contribution in [0.5, 0.6) is 0 Å². The molecule has 4 heteroatoms. The number of nitrogens with zero attached hydrogens (tertiary/aromatic N) is 1. The van der Waals surface area contributed by atoms with Crippen molar-refractivity contribution in [2.45, 2.75) is 57.0 Å². The largest absolute Gasteiger partial charge is 0.388 e. The highest BCUT2D eigenvalue weighted by molar-refractivity contribution is 6.06. The van der Waals surface area contributed by atoms with Crippen LogP contribution < -0.4 is 0 Å². The van der Waals surface area contributed by atoms with Crippen molar-refractivity contribution >= 4 is 11.8 Å². The Morgan fingerprint density at radius 2 is 1.71 bits per heavy atom. The van der Waals surface area contributed by atoms with E-state index < -0.39 is 11.0 Å². The van der Waals surface area contributed by atoms with E-state index in [2.05, 4.69) is 0 Å². The number of amides is 2. The molecule has 0 aromatic carbocycles. The molecule has 3 fully saturated rings. The average molecular weight is 237 g/mol. The maximum absolute atomic E-state index is 12.4. The topological polar surface area (TPSA) is 57.6 Å². The van der Waals surface area contributed by atoms with Crippen molar-refractivity contribution in [1.29, 1.82) is 0 Å². The minimum absolute atomic E-state index is 0.0136. The monoisotopic (exact) mass is 237 g/mol. The number of carbonyl (C=O) groups is 2. The van der Waals surface area contributed by atoms with Crippen molar-refractivity contribution < 1.29 is 14.7 Å². The van der Waals surface area contributed by atoms with Gasteiger partial charge in [0, 0.05) is 6.42 Å². The van der Waals surface area contributed by atoms with Crippen molar-refractivity contribution in [3.05, 3.63) is 0 Å². The SMILES string of the molecule is O=C1CC2(CCCC2)C(=O)N1CC1(O)CCC1. The Balaban J connectivity index is 1.77. The summed E-state index contributed by atoms with van der Waals surface area (Å²) in [4.78, 5) is 25.6. The summed E-state index contributed by atoms with van der Waals surface area (Å²) in [7, 11) is 0. The van der Waals surface area contributed by atoms with Gasteiger partial charge in [-0.3, -0.25) is 14.5 Å². The van der Waals surface area contributed by atoms with Crippen LogP contribution in [0.1, 0.15) is 51.4 Å². The minimum atomic E-state index is -0.782. The fraction of sp³-hybridized carbons (Fsp3) is 0.846. The van der Waals surface area contributed by atoms with Gasteiger partial charge in [0.1, 0.15) is 0 Å². The molecule has 2 amide bonds.